The van der Waals surface area contributed by atoms with Gasteiger partial charge in [0.15, 0.2) is 5.84 Å². The van der Waals surface area contributed by atoms with Crippen molar-refractivity contribution in [2.24, 2.45) is 10.9 Å². The first-order valence-electron chi connectivity index (χ1n) is 5.72. The van der Waals surface area contributed by atoms with Gasteiger partial charge in [-0.15, -0.1) is 0 Å². The number of amidine groups is 1. The molecule has 104 valence electrons. The Morgan fingerprint density at radius 2 is 2.26 bits per heavy atom. The summed E-state index contributed by atoms with van der Waals surface area (Å²) < 4.78 is 31.3. The molecule has 0 atom stereocenters. The summed E-state index contributed by atoms with van der Waals surface area (Å²) in [5.41, 5.74) is 5.71. The summed E-state index contributed by atoms with van der Waals surface area (Å²) in [5.74, 6) is 0.367. The van der Waals surface area contributed by atoms with Crippen LogP contribution in [0.15, 0.2) is 29.4 Å². The standard InChI is InChI=1S/C11H15N3O4S/c12-11(13-15)7-18-9-3-1-2-8(6-9)14-19(16,17)10-4-5-10/h1-3,6,10,14-15H,4-5,7H2,(H2,12,13). The number of nitrogens with zero attached hydrogens (tertiary/aromatic N) is 1. The molecule has 0 amide bonds. The van der Waals surface area contributed by atoms with Gasteiger partial charge in [0.25, 0.3) is 0 Å². The Morgan fingerprint density at radius 1 is 1.53 bits per heavy atom. The highest BCUT2D eigenvalue weighted by atomic mass is 32.2. The average molecular weight is 285 g/mol. The van der Waals surface area contributed by atoms with E-state index in [1.807, 2.05) is 0 Å². The van der Waals surface area contributed by atoms with Crippen LogP contribution in [-0.2, 0) is 10.0 Å². The highest BCUT2D eigenvalue weighted by Crippen LogP contribution is 2.30. The molecular weight excluding hydrogens is 270 g/mol. The number of nitrogens with two attached hydrogens (primary N) is 1. The lowest BCUT2D eigenvalue weighted by Gasteiger charge is -2.09. The minimum atomic E-state index is -3.29. The van der Waals surface area contributed by atoms with Gasteiger partial charge in [0.05, 0.1) is 10.9 Å². The van der Waals surface area contributed by atoms with Crippen molar-refractivity contribution in [1.82, 2.24) is 0 Å². The van der Waals surface area contributed by atoms with E-state index < -0.39 is 10.0 Å². The molecule has 7 nitrogen and oxygen atoms in total. The lowest BCUT2D eigenvalue weighted by atomic mass is 10.3. The third-order valence-electron chi connectivity index (χ3n) is 2.57. The Hall–Kier alpha value is -1.96. The summed E-state index contributed by atoms with van der Waals surface area (Å²) in [4.78, 5) is 0. The van der Waals surface area contributed by atoms with Crippen LogP contribution in [0, 0.1) is 0 Å². The monoisotopic (exact) mass is 285 g/mol. The van der Waals surface area contributed by atoms with E-state index in [4.69, 9.17) is 15.7 Å². The van der Waals surface area contributed by atoms with Crippen molar-refractivity contribution < 1.29 is 18.4 Å². The van der Waals surface area contributed by atoms with Gasteiger partial charge in [-0.3, -0.25) is 4.72 Å². The molecule has 1 fully saturated rings. The molecule has 1 aliphatic rings. The van der Waals surface area contributed by atoms with Gasteiger partial charge < -0.3 is 15.7 Å². The second-order valence-corrected chi connectivity index (χ2v) is 6.22. The number of hydrogen-bond acceptors (Lipinski definition) is 5. The Bertz CT molecular complexity index is 581. The molecule has 0 aromatic heterocycles. The molecule has 0 saturated heterocycles. The number of sulfonamides is 1. The van der Waals surface area contributed by atoms with Crippen LogP contribution in [0.2, 0.25) is 0 Å². The average Bonchev–Trinajstić information content (AvgIpc) is 3.20. The quantitative estimate of drug-likeness (QED) is 0.308. The molecular formula is C11H15N3O4S. The first kappa shape index (κ1) is 13.5. The number of rotatable bonds is 6. The van der Waals surface area contributed by atoms with Crippen LogP contribution >= 0.6 is 0 Å². The van der Waals surface area contributed by atoms with Crippen LogP contribution in [-0.4, -0.2) is 31.3 Å². The smallest absolute Gasteiger partial charge is 0.235 e. The van der Waals surface area contributed by atoms with E-state index in [9.17, 15) is 8.42 Å². The lowest BCUT2D eigenvalue weighted by molar-refractivity contribution is 0.306. The van der Waals surface area contributed by atoms with E-state index in [2.05, 4.69) is 9.88 Å². The zero-order valence-corrected chi connectivity index (χ0v) is 10.9. The topological polar surface area (TPSA) is 114 Å². The second kappa shape index (κ2) is 5.35. The Kier molecular flexibility index (Phi) is 3.79. The van der Waals surface area contributed by atoms with Gasteiger partial charge in [0.1, 0.15) is 12.4 Å². The van der Waals surface area contributed by atoms with Gasteiger partial charge in [0.2, 0.25) is 10.0 Å². The first-order valence-corrected chi connectivity index (χ1v) is 7.27. The molecule has 0 unspecified atom stereocenters. The SMILES string of the molecule is NC(COc1cccc(NS(=O)(=O)C2CC2)c1)=NO. The largest absolute Gasteiger partial charge is 0.485 e. The van der Waals surface area contributed by atoms with Gasteiger partial charge in [-0.1, -0.05) is 11.2 Å². The molecule has 1 aromatic rings. The van der Waals surface area contributed by atoms with Crippen molar-refractivity contribution in [3.63, 3.8) is 0 Å². The molecule has 0 aliphatic heterocycles. The summed E-state index contributed by atoms with van der Waals surface area (Å²) in [6.07, 6.45) is 1.41. The Balaban J connectivity index is 2.02. The Morgan fingerprint density at radius 3 is 2.89 bits per heavy atom. The van der Waals surface area contributed by atoms with E-state index in [0.717, 1.165) is 0 Å². The summed E-state index contributed by atoms with van der Waals surface area (Å²) >= 11 is 0. The van der Waals surface area contributed by atoms with Gasteiger partial charge in [0, 0.05) is 6.07 Å². The maximum atomic E-state index is 11.8. The molecule has 2 rings (SSSR count). The summed E-state index contributed by atoms with van der Waals surface area (Å²) in [6.45, 7) is -0.0741. The number of ether oxygens (including phenoxy) is 1. The molecule has 0 spiro atoms. The molecule has 8 heteroatoms. The first-order chi connectivity index (χ1) is 9.01. The fourth-order valence-electron chi connectivity index (χ4n) is 1.46. The van der Waals surface area contributed by atoms with Crippen molar-refractivity contribution in [3.05, 3.63) is 24.3 Å². The molecule has 1 aromatic carbocycles. The second-order valence-electron chi connectivity index (χ2n) is 4.25. The number of benzene rings is 1. The van der Waals surface area contributed by atoms with Crippen molar-refractivity contribution >= 4 is 21.5 Å². The van der Waals surface area contributed by atoms with Crippen LogP contribution in [0.5, 0.6) is 5.75 Å². The van der Waals surface area contributed by atoms with Crippen molar-refractivity contribution in [3.8, 4) is 5.75 Å². The third-order valence-corrected chi connectivity index (χ3v) is 4.44. The highest BCUT2D eigenvalue weighted by molar-refractivity contribution is 7.93. The maximum Gasteiger partial charge on any atom is 0.235 e. The van der Waals surface area contributed by atoms with E-state index in [1.54, 1.807) is 24.3 Å². The van der Waals surface area contributed by atoms with E-state index in [-0.39, 0.29) is 17.7 Å². The number of hydrogen-bond donors (Lipinski definition) is 3. The van der Waals surface area contributed by atoms with Gasteiger partial charge >= 0.3 is 0 Å². The molecule has 4 N–H and O–H groups in total. The molecule has 0 radical (unpaired) electrons. The summed E-state index contributed by atoms with van der Waals surface area (Å²) in [7, 11) is -3.29. The zero-order chi connectivity index (χ0) is 13.9. The van der Waals surface area contributed by atoms with Crippen LogP contribution in [0.4, 0.5) is 5.69 Å². The lowest BCUT2D eigenvalue weighted by Crippen LogP contribution is -2.21. The van der Waals surface area contributed by atoms with Gasteiger partial charge in [-0.25, -0.2) is 8.42 Å². The maximum absolute atomic E-state index is 11.8. The normalized spacial score (nSPS) is 16.1. The van der Waals surface area contributed by atoms with E-state index in [1.165, 1.54) is 0 Å². The van der Waals surface area contributed by atoms with Crippen molar-refractivity contribution in [2.45, 2.75) is 18.1 Å². The summed E-state index contributed by atoms with van der Waals surface area (Å²) in [5, 5.41) is 10.9. The van der Waals surface area contributed by atoms with Crippen molar-refractivity contribution in [2.75, 3.05) is 11.3 Å². The minimum Gasteiger partial charge on any atom is -0.485 e. The highest BCUT2D eigenvalue weighted by Gasteiger charge is 2.35. The van der Waals surface area contributed by atoms with E-state index >= 15 is 0 Å². The zero-order valence-electron chi connectivity index (χ0n) is 10.1. The molecule has 1 aliphatic carbocycles. The fourth-order valence-corrected chi connectivity index (χ4v) is 2.84. The van der Waals surface area contributed by atoms with Crippen LogP contribution in [0.3, 0.4) is 0 Å². The predicted octanol–water partition coefficient (Wildman–Crippen LogP) is 0.716. The molecule has 0 bridgehead atoms. The Labute approximate surface area is 111 Å². The molecule has 19 heavy (non-hydrogen) atoms. The fraction of sp³-hybridized carbons (Fsp3) is 0.364. The predicted molar refractivity (Wildman–Crippen MR) is 70.9 cm³/mol. The van der Waals surface area contributed by atoms with Crippen LogP contribution in [0.1, 0.15) is 12.8 Å². The minimum absolute atomic E-state index is 0.0658. The van der Waals surface area contributed by atoms with E-state index in [0.29, 0.717) is 24.3 Å². The number of anilines is 1. The summed E-state index contributed by atoms with van der Waals surface area (Å²) in [6, 6.07) is 6.49. The molecule has 1 saturated carbocycles. The third kappa shape index (κ3) is 3.75. The molecule has 0 heterocycles. The van der Waals surface area contributed by atoms with Gasteiger partial charge in [-0.2, -0.15) is 0 Å². The number of oxime groups is 1. The van der Waals surface area contributed by atoms with Crippen LogP contribution in [0.25, 0.3) is 0 Å². The van der Waals surface area contributed by atoms with Crippen molar-refractivity contribution in [1.29, 1.82) is 0 Å². The number of nitrogens with one attached hydrogen (secondary N) is 1. The van der Waals surface area contributed by atoms with Gasteiger partial charge in [-0.05, 0) is 25.0 Å². The van der Waals surface area contributed by atoms with Crippen LogP contribution < -0.4 is 15.2 Å².